The lowest BCUT2D eigenvalue weighted by Gasteiger charge is -2.26. The van der Waals surface area contributed by atoms with E-state index in [-0.39, 0.29) is 0 Å². The summed E-state index contributed by atoms with van der Waals surface area (Å²) in [5.74, 6) is -0.327. The van der Waals surface area contributed by atoms with Crippen LogP contribution in [0.2, 0.25) is 0 Å². The summed E-state index contributed by atoms with van der Waals surface area (Å²) in [7, 11) is 0. The van der Waals surface area contributed by atoms with Crippen LogP contribution >= 0.6 is 11.8 Å². The van der Waals surface area contributed by atoms with E-state index in [1.165, 1.54) is 18.1 Å². The van der Waals surface area contributed by atoms with Crippen LogP contribution in [0.3, 0.4) is 0 Å². The van der Waals surface area contributed by atoms with E-state index in [1.54, 1.807) is 13.0 Å². The van der Waals surface area contributed by atoms with Gasteiger partial charge in [-0.1, -0.05) is 13.3 Å². The summed E-state index contributed by atoms with van der Waals surface area (Å²) >= 11 is 1.49. The molecule has 0 fully saturated rings. The predicted octanol–water partition coefficient (Wildman–Crippen LogP) is 2.25. The number of rotatable bonds is 6. The largest absolute Gasteiger partial charge is 0.480 e. The van der Waals surface area contributed by atoms with Crippen molar-refractivity contribution in [3.05, 3.63) is 12.4 Å². The van der Waals surface area contributed by atoms with Gasteiger partial charge in [0.25, 0.3) is 0 Å². The topological polar surface area (TPSA) is 75.1 Å². The Kier molecular flexibility index (Phi) is 4.74. The number of anilines is 1. The summed E-state index contributed by atoms with van der Waals surface area (Å²) in [6.45, 7) is 3.62. The minimum Gasteiger partial charge on any atom is -0.480 e. The molecule has 0 bridgehead atoms. The molecule has 0 aliphatic carbocycles. The highest BCUT2D eigenvalue weighted by Crippen LogP contribution is 2.21. The van der Waals surface area contributed by atoms with Crippen LogP contribution in [-0.4, -0.2) is 32.8 Å². The Hall–Kier alpha value is -1.30. The lowest BCUT2D eigenvalue weighted by Crippen LogP contribution is -2.43. The Bertz CT molecular complexity index is 400. The summed E-state index contributed by atoms with van der Waals surface area (Å²) < 4.78 is 0. The van der Waals surface area contributed by atoms with Crippen LogP contribution in [0.4, 0.5) is 5.82 Å². The molecule has 94 valence electrons. The molecule has 6 heteroatoms. The van der Waals surface area contributed by atoms with E-state index in [0.29, 0.717) is 12.2 Å². The van der Waals surface area contributed by atoms with Gasteiger partial charge in [0, 0.05) is 6.07 Å². The summed E-state index contributed by atoms with van der Waals surface area (Å²) in [6.07, 6.45) is 4.67. The fraction of sp³-hybridized carbons (Fsp3) is 0.545. The van der Waals surface area contributed by atoms with E-state index in [4.69, 9.17) is 0 Å². The van der Waals surface area contributed by atoms with Gasteiger partial charge in [-0.05, 0) is 19.6 Å². The number of hydrogen-bond acceptors (Lipinski definition) is 5. The number of aliphatic carboxylic acids is 1. The first-order chi connectivity index (χ1) is 8.01. The second kappa shape index (κ2) is 5.86. The Morgan fingerprint density at radius 3 is 2.82 bits per heavy atom. The maximum atomic E-state index is 11.3. The summed E-state index contributed by atoms with van der Waals surface area (Å²) in [5, 5.41) is 13.0. The van der Waals surface area contributed by atoms with Gasteiger partial charge in [-0.15, -0.1) is 11.8 Å². The van der Waals surface area contributed by atoms with E-state index in [1.807, 2.05) is 13.2 Å². The minimum absolute atomic E-state index is 0.543. The first kappa shape index (κ1) is 13.8. The third-order valence-corrected chi connectivity index (χ3v) is 3.12. The standard InChI is InChI=1S/C11H17N3O2S/c1-4-5-11(2,10(15)16)14-8-6-9(17-3)13-7-12-8/h6-7H,4-5H2,1-3H3,(H,15,16)(H,12,13,14). The van der Waals surface area contributed by atoms with E-state index >= 15 is 0 Å². The lowest BCUT2D eigenvalue weighted by molar-refractivity contribution is -0.142. The van der Waals surface area contributed by atoms with E-state index < -0.39 is 11.5 Å². The molecule has 1 rings (SSSR count). The van der Waals surface area contributed by atoms with E-state index in [2.05, 4.69) is 15.3 Å². The number of thioether (sulfide) groups is 1. The van der Waals surface area contributed by atoms with Gasteiger partial charge >= 0.3 is 5.97 Å². The van der Waals surface area contributed by atoms with Crippen LogP contribution < -0.4 is 5.32 Å². The Morgan fingerprint density at radius 1 is 1.59 bits per heavy atom. The van der Waals surface area contributed by atoms with Crippen molar-refractivity contribution in [3.63, 3.8) is 0 Å². The Balaban J connectivity index is 2.89. The molecule has 0 saturated heterocycles. The summed E-state index contributed by atoms with van der Waals surface area (Å²) in [6, 6.07) is 1.75. The number of carboxylic acid groups (broad SMARTS) is 1. The number of hydrogen-bond donors (Lipinski definition) is 2. The fourth-order valence-corrected chi connectivity index (χ4v) is 1.91. The van der Waals surface area contributed by atoms with Crippen molar-refractivity contribution in [2.75, 3.05) is 11.6 Å². The first-order valence-corrected chi connectivity index (χ1v) is 6.62. The van der Waals surface area contributed by atoms with Crippen LogP contribution in [0, 0.1) is 0 Å². The highest BCUT2D eigenvalue weighted by atomic mass is 32.2. The number of carboxylic acids is 1. The molecule has 0 aliphatic rings. The fourth-order valence-electron chi connectivity index (χ4n) is 1.53. The first-order valence-electron chi connectivity index (χ1n) is 5.39. The van der Waals surface area contributed by atoms with Gasteiger partial charge in [0.05, 0.1) is 0 Å². The van der Waals surface area contributed by atoms with Gasteiger partial charge in [-0.25, -0.2) is 14.8 Å². The maximum absolute atomic E-state index is 11.3. The van der Waals surface area contributed by atoms with Crippen molar-refractivity contribution < 1.29 is 9.90 Å². The van der Waals surface area contributed by atoms with Crippen LogP contribution in [0.5, 0.6) is 0 Å². The molecule has 0 spiro atoms. The third kappa shape index (κ3) is 3.59. The van der Waals surface area contributed by atoms with Crippen molar-refractivity contribution >= 4 is 23.5 Å². The SMILES string of the molecule is CCCC(C)(Nc1cc(SC)ncn1)C(=O)O. The average Bonchev–Trinajstić information content (AvgIpc) is 2.29. The van der Waals surface area contributed by atoms with Crippen LogP contribution in [0.1, 0.15) is 26.7 Å². The molecule has 1 aromatic rings. The molecule has 2 N–H and O–H groups in total. The zero-order valence-corrected chi connectivity index (χ0v) is 11.0. The number of nitrogens with one attached hydrogen (secondary N) is 1. The van der Waals surface area contributed by atoms with Crippen LogP contribution in [0.25, 0.3) is 0 Å². The Labute approximate surface area is 105 Å². The maximum Gasteiger partial charge on any atom is 0.329 e. The zero-order valence-electron chi connectivity index (χ0n) is 10.2. The van der Waals surface area contributed by atoms with Crippen LogP contribution in [0.15, 0.2) is 17.4 Å². The molecule has 17 heavy (non-hydrogen) atoms. The second-order valence-corrected chi connectivity index (χ2v) is 4.78. The van der Waals surface area contributed by atoms with E-state index in [0.717, 1.165) is 11.4 Å². The number of carbonyl (C=O) groups is 1. The van der Waals surface area contributed by atoms with Crippen molar-refractivity contribution in [1.82, 2.24) is 9.97 Å². The number of nitrogens with zero attached hydrogens (tertiary/aromatic N) is 2. The quantitative estimate of drug-likeness (QED) is 0.600. The number of aromatic nitrogens is 2. The molecular formula is C11H17N3O2S. The zero-order chi connectivity index (χ0) is 12.9. The van der Waals surface area contributed by atoms with Crippen molar-refractivity contribution in [2.45, 2.75) is 37.3 Å². The summed E-state index contributed by atoms with van der Waals surface area (Å²) in [4.78, 5) is 19.3. The highest BCUT2D eigenvalue weighted by Gasteiger charge is 2.32. The van der Waals surface area contributed by atoms with Gasteiger partial charge in [-0.2, -0.15) is 0 Å². The molecule has 5 nitrogen and oxygen atoms in total. The molecule has 0 amide bonds. The third-order valence-electron chi connectivity index (χ3n) is 2.48. The smallest absolute Gasteiger partial charge is 0.329 e. The van der Waals surface area contributed by atoms with E-state index in [9.17, 15) is 9.90 Å². The molecule has 0 aromatic carbocycles. The lowest BCUT2D eigenvalue weighted by atomic mass is 9.96. The van der Waals surface area contributed by atoms with Crippen molar-refractivity contribution in [2.24, 2.45) is 0 Å². The van der Waals surface area contributed by atoms with Gasteiger partial charge in [-0.3, -0.25) is 0 Å². The van der Waals surface area contributed by atoms with Gasteiger partial charge in [0.2, 0.25) is 0 Å². The monoisotopic (exact) mass is 255 g/mol. The molecule has 0 radical (unpaired) electrons. The van der Waals surface area contributed by atoms with Gasteiger partial charge in [0.1, 0.15) is 22.7 Å². The van der Waals surface area contributed by atoms with Gasteiger partial charge < -0.3 is 10.4 Å². The normalized spacial score (nSPS) is 14.1. The van der Waals surface area contributed by atoms with Crippen molar-refractivity contribution in [1.29, 1.82) is 0 Å². The predicted molar refractivity (Wildman–Crippen MR) is 68.4 cm³/mol. The molecule has 1 unspecified atom stereocenters. The summed E-state index contributed by atoms with van der Waals surface area (Å²) in [5.41, 5.74) is -0.987. The Morgan fingerprint density at radius 2 is 2.29 bits per heavy atom. The molecule has 0 aliphatic heterocycles. The minimum atomic E-state index is -0.987. The highest BCUT2D eigenvalue weighted by molar-refractivity contribution is 7.98. The average molecular weight is 255 g/mol. The molecule has 1 heterocycles. The van der Waals surface area contributed by atoms with Crippen LogP contribution in [-0.2, 0) is 4.79 Å². The molecular weight excluding hydrogens is 238 g/mol. The van der Waals surface area contributed by atoms with Crippen molar-refractivity contribution in [3.8, 4) is 0 Å². The molecule has 1 atom stereocenters. The second-order valence-electron chi connectivity index (χ2n) is 3.96. The molecule has 1 aromatic heterocycles. The van der Waals surface area contributed by atoms with Gasteiger partial charge in [0.15, 0.2) is 0 Å². The molecule has 0 saturated carbocycles.